The van der Waals surface area contributed by atoms with Crippen LogP contribution < -0.4 is 9.64 Å². The molecule has 0 radical (unpaired) electrons. The zero-order valence-electron chi connectivity index (χ0n) is 20.7. The number of carbonyl (C=O) groups excluding carboxylic acids is 2. The number of para-hydroxylation sites is 2. The highest BCUT2D eigenvalue weighted by Crippen LogP contribution is 2.47. The Morgan fingerprint density at radius 2 is 1.73 bits per heavy atom. The molecule has 3 aromatic rings. The van der Waals surface area contributed by atoms with Crippen LogP contribution in [0.1, 0.15) is 21.2 Å². The van der Waals surface area contributed by atoms with E-state index in [0.717, 1.165) is 16.1 Å². The lowest BCUT2D eigenvalue weighted by Gasteiger charge is -2.28. The fourth-order valence-electron chi connectivity index (χ4n) is 4.04. The summed E-state index contributed by atoms with van der Waals surface area (Å²) in [4.78, 5) is 42.7. The van der Waals surface area contributed by atoms with Gasteiger partial charge in [0.2, 0.25) is 0 Å². The van der Waals surface area contributed by atoms with Crippen molar-refractivity contribution in [2.45, 2.75) is 16.2 Å². The number of likely N-dealkylation sites (N-methyl/N-ethyl adjacent to an activating group) is 1. The largest absolute Gasteiger partial charge is 0.497 e. The molecule has 0 unspecified atom stereocenters. The van der Waals surface area contributed by atoms with Crippen molar-refractivity contribution in [2.75, 3.05) is 39.2 Å². The van der Waals surface area contributed by atoms with Crippen molar-refractivity contribution in [2.24, 2.45) is 0 Å². The number of benzene rings is 3. The van der Waals surface area contributed by atoms with E-state index in [1.807, 2.05) is 55.4 Å². The van der Waals surface area contributed by atoms with Gasteiger partial charge < -0.3 is 19.3 Å². The fourth-order valence-corrected chi connectivity index (χ4v) is 5.36. The summed E-state index contributed by atoms with van der Waals surface area (Å²) >= 11 is 1.41. The van der Waals surface area contributed by atoms with Crippen molar-refractivity contribution >= 4 is 35.0 Å². The van der Waals surface area contributed by atoms with Crippen LogP contribution in [-0.4, -0.2) is 62.1 Å². The van der Waals surface area contributed by atoms with Gasteiger partial charge in [0.15, 0.2) is 6.10 Å². The molecule has 0 fully saturated rings. The zero-order chi connectivity index (χ0) is 26.5. The number of carbonyl (C=O) groups is 2. The Bertz CT molecular complexity index is 1300. The molecule has 0 aliphatic carbocycles. The molecule has 1 aliphatic rings. The summed E-state index contributed by atoms with van der Waals surface area (Å²) in [5, 5.41) is 10.9. The van der Waals surface area contributed by atoms with Crippen molar-refractivity contribution in [1.82, 2.24) is 4.90 Å². The number of esters is 1. The number of thioether (sulfide) groups is 1. The van der Waals surface area contributed by atoms with E-state index in [1.54, 1.807) is 24.1 Å². The van der Waals surface area contributed by atoms with E-state index in [0.29, 0.717) is 18.8 Å². The lowest BCUT2D eigenvalue weighted by atomic mass is 10.0. The Kier molecular flexibility index (Phi) is 8.10. The molecule has 1 heterocycles. The summed E-state index contributed by atoms with van der Waals surface area (Å²) in [6.07, 6.45) is -1.24. The van der Waals surface area contributed by atoms with Crippen molar-refractivity contribution in [1.29, 1.82) is 0 Å². The smallest absolute Gasteiger partial charge is 0.346 e. The van der Waals surface area contributed by atoms with Crippen molar-refractivity contribution in [3.05, 3.63) is 94.0 Å². The lowest BCUT2D eigenvalue weighted by Crippen LogP contribution is -2.45. The van der Waals surface area contributed by atoms with Crippen LogP contribution in [-0.2, 0) is 9.53 Å². The van der Waals surface area contributed by atoms with Crippen LogP contribution in [0, 0.1) is 10.1 Å². The number of nitrogens with zero attached hydrogens (tertiary/aromatic N) is 3. The Hall–Kier alpha value is -3.89. The molecule has 9 nitrogen and oxygen atoms in total. The van der Waals surface area contributed by atoms with Gasteiger partial charge >= 0.3 is 5.97 Å². The maximum absolute atomic E-state index is 14.1. The number of nitro groups is 1. The highest BCUT2D eigenvalue weighted by atomic mass is 32.2. The van der Waals surface area contributed by atoms with Gasteiger partial charge in [-0.1, -0.05) is 36.4 Å². The van der Waals surface area contributed by atoms with Gasteiger partial charge in [-0.05, 0) is 50.0 Å². The number of anilines is 1. The highest BCUT2D eigenvalue weighted by Gasteiger charge is 2.42. The molecule has 0 aromatic heterocycles. The van der Waals surface area contributed by atoms with Crippen LogP contribution in [0.15, 0.2) is 77.7 Å². The van der Waals surface area contributed by atoms with Crippen LogP contribution in [0.25, 0.3) is 0 Å². The minimum Gasteiger partial charge on any atom is -0.497 e. The van der Waals surface area contributed by atoms with Gasteiger partial charge in [-0.25, -0.2) is 4.79 Å². The van der Waals surface area contributed by atoms with Crippen LogP contribution in [0.2, 0.25) is 0 Å². The number of hydrogen-bond donors (Lipinski definition) is 0. The highest BCUT2D eigenvalue weighted by molar-refractivity contribution is 7.99. The minimum atomic E-state index is -1.24. The number of amides is 1. The molecule has 10 heteroatoms. The Morgan fingerprint density at radius 3 is 2.41 bits per heavy atom. The van der Waals surface area contributed by atoms with E-state index >= 15 is 0 Å². The number of nitro benzene ring substituents is 1. The average molecular weight is 522 g/mol. The van der Waals surface area contributed by atoms with Gasteiger partial charge in [0.05, 0.1) is 23.0 Å². The molecule has 0 bridgehead atoms. The molecule has 0 N–H and O–H groups in total. The second-order valence-electron chi connectivity index (χ2n) is 8.67. The van der Waals surface area contributed by atoms with E-state index in [2.05, 4.69) is 0 Å². The van der Waals surface area contributed by atoms with E-state index in [-0.39, 0.29) is 11.3 Å². The second kappa shape index (κ2) is 11.4. The number of methoxy groups -OCH3 is 1. The fraction of sp³-hybridized carbons (Fsp3) is 0.259. The minimum absolute atomic E-state index is 0.208. The zero-order valence-corrected chi connectivity index (χ0v) is 21.5. The number of ether oxygens (including phenoxy) is 2. The summed E-state index contributed by atoms with van der Waals surface area (Å²) in [6.45, 7) is 0.959. The van der Waals surface area contributed by atoms with Gasteiger partial charge in [0.1, 0.15) is 11.3 Å². The monoisotopic (exact) mass is 521 g/mol. The summed E-state index contributed by atoms with van der Waals surface area (Å²) in [6, 6.07) is 20.3. The van der Waals surface area contributed by atoms with E-state index in [4.69, 9.17) is 9.47 Å². The third-order valence-electron chi connectivity index (χ3n) is 5.96. The molecule has 2 atom stereocenters. The second-order valence-corrected chi connectivity index (χ2v) is 9.86. The van der Waals surface area contributed by atoms with Crippen LogP contribution >= 0.6 is 11.8 Å². The Labute approximate surface area is 219 Å². The summed E-state index contributed by atoms with van der Waals surface area (Å²) in [5.74, 6) is -0.675. The third-order valence-corrected chi connectivity index (χ3v) is 7.34. The summed E-state index contributed by atoms with van der Waals surface area (Å²) in [7, 11) is 5.39. The maximum Gasteiger partial charge on any atom is 0.346 e. The van der Waals surface area contributed by atoms with Crippen LogP contribution in [0.3, 0.4) is 0 Å². The lowest BCUT2D eigenvalue weighted by molar-refractivity contribution is -0.385. The molecule has 1 aliphatic heterocycles. The number of hydrogen-bond acceptors (Lipinski definition) is 8. The van der Waals surface area contributed by atoms with Gasteiger partial charge in [-0.3, -0.25) is 14.9 Å². The summed E-state index contributed by atoms with van der Waals surface area (Å²) < 4.78 is 11.1. The molecule has 1 amide bonds. The van der Waals surface area contributed by atoms with E-state index in [9.17, 15) is 19.7 Å². The number of rotatable bonds is 8. The Balaban J connectivity index is 1.79. The number of fused-ring (bicyclic) bond motifs is 1. The van der Waals surface area contributed by atoms with Crippen LogP contribution in [0.5, 0.6) is 5.75 Å². The molecule has 0 saturated carbocycles. The van der Waals surface area contributed by atoms with Gasteiger partial charge in [-0.2, -0.15) is 0 Å². The maximum atomic E-state index is 14.1. The van der Waals surface area contributed by atoms with Gasteiger partial charge in [0.25, 0.3) is 11.6 Å². The predicted octanol–water partition coefficient (Wildman–Crippen LogP) is 4.57. The average Bonchev–Trinajstić information content (AvgIpc) is 3.01. The van der Waals surface area contributed by atoms with E-state index in [1.165, 1.54) is 36.0 Å². The quantitative estimate of drug-likeness (QED) is 0.241. The van der Waals surface area contributed by atoms with Crippen molar-refractivity contribution < 1.29 is 24.0 Å². The standard InChI is InChI=1S/C27H27N3O6S/c1-28(2)16-17-29-22-10-6-7-11-23(22)37-25(18-12-14-19(35-3)15-13-18)24(26(29)31)36-27(32)20-8-4-5-9-21(20)30(33)34/h4-15,24-25H,16-17H2,1-3H3/t24-,25+/m0/s1. The summed E-state index contributed by atoms with van der Waals surface area (Å²) in [5.41, 5.74) is 0.890. The first-order valence-electron chi connectivity index (χ1n) is 11.6. The predicted molar refractivity (Wildman–Crippen MR) is 141 cm³/mol. The molecule has 37 heavy (non-hydrogen) atoms. The molecule has 0 saturated heterocycles. The molecule has 192 valence electrons. The first-order chi connectivity index (χ1) is 17.8. The van der Waals surface area contributed by atoms with Gasteiger partial charge in [0, 0.05) is 24.1 Å². The van der Waals surface area contributed by atoms with E-state index < -0.39 is 28.2 Å². The topological polar surface area (TPSA) is 102 Å². The first-order valence-corrected chi connectivity index (χ1v) is 12.5. The first kappa shape index (κ1) is 26.2. The molecular formula is C27H27N3O6S. The molecule has 4 rings (SSSR count). The molecule has 0 spiro atoms. The normalized spacial score (nSPS) is 17.2. The van der Waals surface area contributed by atoms with Crippen LogP contribution in [0.4, 0.5) is 11.4 Å². The third kappa shape index (κ3) is 5.76. The Morgan fingerprint density at radius 1 is 1.05 bits per heavy atom. The molecular weight excluding hydrogens is 494 g/mol. The molecule has 3 aromatic carbocycles. The van der Waals surface area contributed by atoms with Gasteiger partial charge in [-0.15, -0.1) is 11.8 Å². The SMILES string of the molecule is COc1ccc([C@H]2Sc3ccccc3N(CCN(C)C)C(=O)[C@H]2OC(=O)c2ccccc2[N+](=O)[O-])cc1. The van der Waals surface area contributed by atoms with Crippen molar-refractivity contribution in [3.63, 3.8) is 0 Å². The van der Waals surface area contributed by atoms with Crippen molar-refractivity contribution in [3.8, 4) is 5.75 Å².